The van der Waals surface area contributed by atoms with Crippen LogP contribution in [0.5, 0.6) is 0 Å². The van der Waals surface area contributed by atoms with Gasteiger partial charge >= 0.3 is 0 Å². The molecular formula is C15H18FN3O. The Morgan fingerprint density at radius 2 is 2.35 bits per heavy atom. The molecule has 2 N–H and O–H groups in total. The zero-order chi connectivity index (χ0) is 14.7. The Balaban J connectivity index is 2.38. The van der Waals surface area contributed by atoms with Crippen LogP contribution < -0.4 is 5.73 Å². The monoisotopic (exact) mass is 275 g/mol. The van der Waals surface area contributed by atoms with Gasteiger partial charge in [0.2, 0.25) is 0 Å². The summed E-state index contributed by atoms with van der Waals surface area (Å²) in [6, 6.07) is 0. The zero-order valence-electron chi connectivity index (χ0n) is 11.6. The van der Waals surface area contributed by atoms with Gasteiger partial charge in [-0.15, -0.1) is 0 Å². The number of hydrogen-bond acceptors (Lipinski definition) is 3. The smallest absolute Gasteiger partial charge is 0.168 e. The highest BCUT2D eigenvalue weighted by atomic mass is 19.1. The first kappa shape index (κ1) is 14.3. The van der Waals surface area contributed by atoms with E-state index in [0.717, 1.165) is 6.42 Å². The minimum absolute atomic E-state index is 0.0323. The quantitative estimate of drug-likeness (QED) is 0.678. The minimum atomic E-state index is -1.06. The lowest BCUT2D eigenvalue weighted by Crippen LogP contribution is -2.06. The maximum Gasteiger partial charge on any atom is 0.168 e. The molecule has 2 rings (SSSR count). The number of Topliss-reactive ketones (excluding diaryl/α,β-unsaturated/α-hetero) is 1. The van der Waals surface area contributed by atoms with Gasteiger partial charge in [0, 0.05) is 12.3 Å². The molecule has 1 aromatic rings. The van der Waals surface area contributed by atoms with E-state index in [-0.39, 0.29) is 17.5 Å². The third-order valence-corrected chi connectivity index (χ3v) is 3.25. The van der Waals surface area contributed by atoms with Gasteiger partial charge in [0.1, 0.15) is 17.7 Å². The van der Waals surface area contributed by atoms with Crippen molar-refractivity contribution in [2.24, 2.45) is 5.92 Å². The Morgan fingerprint density at radius 3 is 3.05 bits per heavy atom. The van der Waals surface area contributed by atoms with Gasteiger partial charge in [0.05, 0.1) is 11.8 Å². The summed E-state index contributed by atoms with van der Waals surface area (Å²) in [5.74, 6) is -0.00846. The molecule has 0 spiro atoms. The van der Waals surface area contributed by atoms with E-state index in [2.05, 4.69) is 10.8 Å². The number of nitrogens with two attached hydrogens (primary N) is 1. The van der Waals surface area contributed by atoms with Crippen molar-refractivity contribution in [1.29, 1.82) is 0 Å². The average Bonchev–Trinajstić information content (AvgIpc) is 2.72. The number of aromatic nitrogens is 2. The summed E-state index contributed by atoms with van der Waals surface area (Å²) in [4.78, 5) is 11.9. The molecule has 0 saturated carbocycles. The Morgan fingerprint density at radius 1 is 1.60 bits per heavy atom. The topological polar surface area (TPSA) is 60.9 Å². The summed E-state index contributed by atoms with van der Waals surface area (Å²) < 4.78 is 15.0. The number of anilines is 1. The number of allylic oxidation sites excluding steroid dienone is 3. The molecule has 5 heteroatoms. The Hall–Kier alpha value is -2.13. The first-order valence-corrected chi connectivity index (χ1v) is 6.70. The lowest BCUT2D eigenvalue weighted by Gasteiger charge is -2.04. The first-order valence-electron chi connectivity index (χ1n) is 6.70. The van der Waals surface area contributed by atoms with Crippen molar-refractivity contribution < 1.29 is 9.18 Å². The largest absolute Gasteiger partial charge is 0.383 e. The van der Waals surface area contributed by atoms with Crippen LogP contribution in [0, 0.1) is 5.92 Å². The fourth-order valence-electron chi connectivity index (χ4n) is 1.97. The third-order valence-electron chi connectivity index (χ3n) is 3.25. The number of hydrogen-bond donors (Lipinski definition) is 1. The van der Waals surface area contributed by atoms with Crippen molar-refractivity contribution >= 4 is 17.3 Å². The molecule has 1 aliphatic rings. The third kappa shape index (κ3) is 2.73. The van der Waals surface area contributed by atoms with Crippen molar-refractivity contribution in [3.8, 4) is 0 Å². The van der Waals surface area contributed by atoms with E-state index in [1.807, 2.05) is 6.92 Å². The van der Waals surface area contributed by atoms with Gasteiger partial charge < -0.3 is 5.73 Å². The summed E-state index contributed by atoms with van der Waals surface area (Å²) in [5.41, 5.74) is 9.88. The van der Waals surface area contributed by atoms with E-state index >= 15 is 0 Å². The van der Waals surface area contributed by atoms with Crippen LogP contribution in [0.2, 0.25) is 0 Å². The molecule has 106 valence electrons. The molecule has 0 radical (unpaired) electrons. The van der Waals surface area contributed by atoms with Gasteiger partial charge in [0.25, 0.3) is 0 Å². The number of halogens is 1. The van der Waals surface area contributed by atoms with Crippen molar-refractivity contribution in [2.75, 3.05) is 5.73 Å². The number of nitrogens with zero attached hydrogens (tertiary/aromatic N) is 2. The molecule has 1 aromatic heterocycles. The molecule has 1 heterocycles. The predicted molar refractivity (Wildman–Crippen MR) is 76.9 cm³/mol. The number of rotatable bonds is 4. The molecule has 2 atom stereocenters. The minimum Gasteiger partial charge on any atom is -0.383 e. The maximum absolute atomic E-state index is 13.6. The molecule has 1 aliphatic carbocycles. The second-order valence-electron chi connectivity index (χ2n) is 4.89. The van der Waals surface area contributed by atoms with E-state index in [9.17, 15) is 9.18 Å². The van der Waals surface area contributed by atoms with Crippen LogP contribution in [0.3, 0.4) is 0 Å². The molecule has 0 aliphatic heterocycles. The van der Waals surface area contributed by atoms with E-state index in [1.165, 1.54) is 17.0 Å². The van der Waals surface area contributed by atoms with Crippen LogP contribution in [0.1, 0.15) is 37.0 Å². The van der Waals surface area contributed by atoms with Gasteiger partial charge in [-0.25, -0.2) is 9.07 Å². The predicted octanol–water partition coefficient (Wildman–Crippen LogP) is 2.99. The van der Waals surface area contributed by atoms with Crippen molar-refractivity contribution in [3.63, 3.8) is 0 Å². The van der Waals surface area contributed by atoms with Gasteiger partial charge in [-0.1, -0.05) is 19.6 Å². The summed E-state index contributed by atoms with van der Waals surface area (Å²) in [7, 11) is 0. The van der Waals surface area contributed by atoms with Gasteiger partial charge in [-0.2, -0.15) is 5.10 Å². The molecule has 0 saturated heterocycles. The van der Waals surface area contributed by atoms with Crippen molar-refractivity contribution in [3.05, 3.63) is 35.7 Å². The first-order chi connectivity index (χ1) is 9.54. The highest BCUT2D eigenvalue weighted by Crippen LogP contribution is 2.21. The second-order valence-corrected chi connectivity index (χ2v) is 4.89. The number of ketones is 1. The van der Waals surface area contributed by atoms with Crippen LogP contribution in [-0.4, -0.2) is 21.7 Å². The van der Waals surface area contributed by atoms with Gasteiger partial charge in [0.15, 0.2) is 5.78 Å². The molecule has 20 heavy (non-hydrogen) atoms. The molecule has 0 bridgehead atoms. The number of carbonyl (C=O) groups is 1. The molecule has 2 unspecified atom stereocenters. The Kier molecular flexibility index (Phi) is 4.20. The molecule has 0 aromatic carbocycles. The summed E-state index contributed by atoms with van der Waals surface area (Å²) in [6.45, 7) is 3.70. The molecule has 0 fully saturated rings. The highest BCUT2D eigenvalue weighted by Gasteiger charge is 2.17. The molecular weight excluding hydrogens is 257 g/mol. The summed E-state index contributed by atoms with van der Waals surface area (Å²) >= 11 is 0. The fourth-order valence-corrected chi connectivity index (χ4v) is 1.97. The van der Waals surface area contributed by atoms with Crippen molar-refractivity contribution in [2.45, 2.75) is 32.9 Å². The maximum atomic E-state index is 13.6. The number of carbonyl (C=O) groups excluding carboxylic acids is 1. The Labute approximate surface area is 117 Å². The zero-order valence-corrected chi connectivity index (χ0v) is 11.6. The molecule has 4 nitrogen and oxygen atoms in total. The van der Waals surface area contributed by atoms with Crippen LogP contribution in [0.4, 0.5) is 10.2 Å². The second kappa shape index (κ2) is 5.88. The summed E-state index contributed by atoms with van der Waals surface area (Å²) in [6.07, 6.45) is 6.27. The lowest BCUT2D eigenvalue weighted by molar-refractivity contribution is 0.0982. The summed E-state index contributed by atoms with van der Waals surface area (Å²) in [5, 5.41) is 4.11. The van der Waals surface area contributed by atoms with Crippen LogP contribution in [0.25, 0.3) is 5.70 Å². The SMILES string of the molecule is CCCC(=O)c1cnn(C2=C=CC(C)C(F)C=C2)c1N. The van der Waals surface area contributed by atoms with E-state index in [4.69, 9.17) is 5.73 Å². The standard InChI is InChI=1S/C15H18FN3O/c1-3-4-14(20)12-9-18-19(15(12)17)11-6-5-10(2)13(16)8-7-11/h5,7-10,13H,3-4,17H2,1-2H3. The fraction of sp³-hybridized carbons (Fsp3) is 0.400. The Bertz CT molecular complexity index is 609. The van der Waals surface area contributed by atoms with Gasteiger partial charge in [-0.05, 0) is 24.6 Å². The van der Waals surface area contributed by atoms with Crippen LogP contribution in [-0.2, 0) is 0 Å². The number of alkyl halides is 1. The molecule has 0 amide bonds. The lowest BCUT2D eigenvalue weighted by atomic mass is 10.1. The highest BCUT2D eigenvalue weighted by molar-refractivity contribution is 6.00. The average molecular weight is 275 g/mol. The normalized spacial score (nSPS) is 21.6. The number of nitrogen functional groups attached to an aromatic ring is 1. The van der Waals surface area contributed by atoms with Gasteiger partial charge in [-0.3, -0.25) is 4.79 Å². The van der Waals surface area contributed by atoms with E-state index in [1.54, 1.807) is 19.1 Å². The van der Waals surface area contributed by atoms with E-state index < -0.39 is 6.17 Å². The van der Waals surface area contributed by atoms with Crippen LogP contribution in [0.15, 0.2) is 30.2 Å². The van der Waals surface area contributed by atoms with E-state index in [0.29, 0.717) is 17.7 Å². The van der Waals surface area contributed by atoms with Crippen molar-refractivity contribution in [1.82, 2.24) is 9.78 Å². The van der Waals surface area contributed by atoms with Crippen LogP contribution >= 0.6 is 0 Å².